The molecule has 0 aliphatic heterocycles. The van der Waals surface area contributed by atoms with E-state index < -0.39 is 11.9 Å². The molecule has 0 spiro atoms. The maximum Gasteiger partial charge on any atom is 0.396 e. The van der Waals surface area contributed by atoms with Crippen LogP contribution in [0.3, 0.4) is 0 Å². The number of carbonyl (C=O) groups is 2. The summed E-state index contributed by atoms with van der Waals surface area (Å²) in [5.74, 6) is -1.70. The molecule has 15 heavy (non-hydrogen) atoms. The van der Waals surface area contributed by atoms with Crippen molar-refractivity contribution in [3.63, 3.8) is 0 Å². The number of benzene rings is 1. The Bertz CT molecular complexity index is 404. The summed E-state index contributed by atoms with van der Waals surface area (Å²) >= 11 is 3.26. The molecule has 0 bridgehead atoms. The molecule has 0 heterocycles. The second-order valence-electron chi connectivity index (χ2n) is 2.93. The topological polar surface area (TPSA) is 55.4 Å². The highest BCUT2D eigenvalue weighted by atomic mass is 79.9. The number of anilines is 1. The van der Waals surface area contributed by atoms with Crippen LogP contribution in [0, 0.1) is 6.92 Å². The molecule has 0 aliphatic rings. The van der Waals surface area contributed by atoms with Crippen molar-refractivity contribution in [1.82, 2.24) is 0 Å². The summed E-state index contributed by atoms with van der Waals surface area (Å²) in [4.78, 5) is 22.1. The fourth-order valence-electron chi connectivity index (χ4n) is 1.00. The molecule has 0 radical (unpaired) electrons. The van der Waals surface area contributed by atoms with Crippen molar-refractivity contribution in [2.75, 3.05) is 12.4 Å². The van der Waals surface area contributed by atoms with Crippen LogP contribution in [0.1, 0.15) is 5.56 Å². The fraction of sp³-hybridized carbons (Fsp3) is 0.200. The first-order chi connectivity index (χ1) is 7.04. The van der Waals surface area contributed by atoms with E-state index in [1.165, 1.54) is 0 Å². The van der Waals surface area contributed by atoms with Crippen LogP contribution in [-0.4, -0.2) is 19.0 Å². The third-order valence-electron chi connectivity index (χ3n) is 1.74. The summed E-state index contributed by atoms with van der Waals surface area (Å²) in [6, 6.07) is 5.44. The van der Waals surface area contributed by atoms with Crippen molar-refractivity contribution in [3.8, 4) is 0 Å². The van der Waals surface area contributed by atoms with Crippen molar-refractivity contribution >= 4 is 33.5 Å². The molecule has 4 nitrogen and oxygen atoms in total. The van der Waals surface area contributed by atoms with Crippen LogP contribution in [0.4, 0.5) is 5.69 Å². The largest absolute Gasteiger partial charge is 0.462 e. The third kappa shape index (κ3) is 3.06. The number of amides is 1. The van der Waals surface area contributed by atoms with E-state index in [1.54, 1.807) is 12.1 Å². The second kappa shape index (κ2) is 4.93. The number of ether oxygens (including phenoxy) is 1. The molecule has 0 aliphatic carbocycles. The summed E-state index contributed by atoms with van der Waals surface area (Å²) in [6.07, 6.45) is 0. The Morgan fingerprint density at radius 2 is 2.07 bits per heavy atom. The Balaban J connectivity index is 2.85. The van der Waals surface area contributed by atoms with E-state index in [2.05, 4.69) is 26.0 Å². The normalized spacial score (nSPS) is 9.53. The lowest BCUT2D eigenvalue weighted by Gasteiger charge is -2.06. The SMILES string of the molecule is COC(=O)C(=O)Nc1cc(C)ccc1Br. The monoisotopic (exact) mass is 271 g/mol. The van der Waals surface area contributed by atoms with Gasteiger partial charge in [-0.15, -0.1) is 0 Å². The first-order valence-electron chi connectivity index (χ1n) is 4.20. The highest BCUT2D eigenvalue weighted by Crippen LogP contribution is 2.23. The fourth-order valence-corrected chi connectivity index (χ4v) is 1.35. The van der Waals surface area contributed by atoms with Crippen LogP contribution in [0.5, 0.6) is 0 Å². The van der Waals surface area contributed by atoms with E-state index in [1.807, 2.05) is 13.0 Å². The molecular formula is C10H10BrNO3. The number of aryl methyl sites for hydroxylation is 1. The average molecular weight is 272 g/mol. The quantitative estimate of drug-likeness (QED) is 0.627. The minimum atomic E-state index is -0.914. The van der Waals surface area contributed by atoms with Crippen LogP contribution in [-0.2, 0) is 14.3 Å². The predicted octanol–water partition coefficient (Wildman–Crippen LogP) is 1.87. The van der Waals surface area contributed by atoms with E-state index in [-0.39, 0.29) is 0 Å². The van der Waals surface area contributed by atoms with Gasteiger partial charge in [0.15, 0.2) is 0 Å². The summed E-state index contributed by atoms with van der Waals surface area (Å²) < 4.78 is 5.00. The molecule has 1 N–H and O–H groups in total. The summed E-state index contributed by atoms with van der Waals surface area (Å²) in [6.45, 7) is 1.89. The molecule has 0 fully saturated rings. The Labute approximate surface area is 95.7 Å². The maximum absolute atomic E-state index is 11.2. The first-order valence-corrected chi connectivity index (χ1v) is 4.99. The smallest absolute Gasteiger partial charge is 0.396 e. The van der Waals surface area contributed by atoms with Crippen molar-refractivity contribution in [1.29, 1.82) is 0 Å². The molecule has 1 aromatic carbocycles. The van der Waals surface area contributed by atoms with Crippen molar-refractivity contribution < 1.29 is 14.3 Å². The highest BCUT2D eigenvalue weighted by molar-refractivity contribution is 9.10. The van der Waals surface area contributed by atoms with E-state index in [9.17, 15) is 9.59 Å². The number of rotatable bonds is 1. The van der Waals surface area contributed by atoms with Crippen LogP contribution >= 0.6 is 15.9 Å². The van der Waals surface area contributed by atoms with Gasteiger partial charge in [0.25, 0.3) is 0 Å². The number of nitrogens with one attached hydrogen (secondary N) is 1. The van der Waals surface area contributed by atoms with E-state index in [4.69, 9.17) is 0 Å². The predicted molar refractivity (Wildman–Crippen MR) is 59.5 cm³/mol. The minimum absolute atomic E-state index is 0.547. The zero-order valence-corrected chi connectivity index (χ0v) is 9.92. The van der Waals surface area contributed by atoms with Gasteiger partial charge >= 0.3 is 11.9 Å². The number of hydrogen-bond donors (Lipinski definition) is 1. The Morgan fingerprint density at radius 1 is 1.40 bits per heavy atom. The van der Waals surface area contributed by atoms with Gasteiger partial charge in [-0.25, -0.2) is 4.79 Å². The standard InChI is InChI=1S/C10H10BrNO3/c1-6-3-4-7(11)8(5-6)12-9(13)10(14)15-2/h3-5H,1-2H3,(H,12,13). The van der Waals surface area contributed by atoms with Gasteiger partial charge in [-0.3, -0.25) is 4.79 Å². The zero-order valence-electron chi connectivity index (χ0n) is 8.33. The summed E-state index contributed by atoms with van der Waals surface area (Å²) in [5, 5.41) is 2.44. The summed E-state index contributed by atoms with van der Waals surface area (Å²) in [7, 11) is 1.16. The van der Waals surface area contributed by atoms with Crippen molar-refractivity contribution in [2.45, 2.75) is 6.92 Å². The molecule has 0 atom stereocenters. The number of carbonyl (C=O) groups excluding carboxylic acids is 2. The van der Waals surface area contributed by atoms with Gasteiger partial charge in [-0.1, -0.05) is 6.07 Å². The molecular weight excluding hydrogens is 262 g/mol. The van der Waals surface area contributed by atoms with Gasteiger partial charge in [0, 0.05) is 4.47 Å². The molecule has 0 unspecified atom stereocenters. The van der Waals surface area contributed by atoms with Crippen molar-refractivity contribution in [3.05, 3.63) is 28.2 Å². The summed E-state index contributed by atoms with van der Waals surface area (Å²) in [5.41, 5.74) is 1.53. The lowest BCUT2D eigenvalue weighted by molar-refractivity contribution is -0.150. The molecule has 0 aromatic heterocycles. The number of halogens is 1. The van der Waals surface area contributed by atoms with E-state index in [0.717, 1.165) is 12.7 Å². The molecule has 5 heteroatoms. The van der Waals surface area contributed by atoms with E-state index in [0.29, 0.717) is 10.2 Å². The van der Waals surface area contributed by atoms with Gasteiger partial charge in [-0.05, 0) is 40.5 Å². The number of methoxy groups -OCH3 is 1. The Kier molecular flexibility index (Phi) is 3.85. The lowest BCUT2D eigenvalue weighted by Crippen LogP contribution is -2.24. The minimum Gasteiger partial charge on any atom is -0.462 e. The van der Waals surface area contributed by atoms with Gasteiger partial charge in [0.05, 0.1) is 12.8 Å². The molecule has 0 saturated heterocycles. The molecule has 80 valence electrons. The second-order valence-corrected chi connectivity index (χ2v) is 3.78. The Morgan fingerprint density at radius 3 is 2.67 bits per heavy atom. The molecule has 0 saturated carbocycles. The molecule has 1 aromatic rings. The first kappa shape index (κ1) is 11.7. The van der Waals surface area contributed by atoms with Crippen LogP contribution in [0.2, 0.25) is 0 Å². The van der Waals surface area contributed by atoms with Crippen LogP contribution < -0.4 is 5.32 Å². The maximum atomic E-state index is 11.2. The van der Waals surface area contributed by atoms with Gasteiger partial charge in [-0.2, -0.15) is 0 Å². The Hall–Kier alpha value is -1.36. The van der Waals surface area contributed by atoms with Gasteiger partial charge < -0.3 is 10.1 Å². The lowest BCUT2D eigenvalue weighted by atomic mass is 10.2. The van der Waals surface area contributed by atoms with Crippen LogP contribution in [0.15, 0.2) is 22.7 Å². The number of hydrogen-bond acceptors (Lipinski definition) is 3. The number of esters is 1. The molecule has 1 rings (SSSR count). The van der Waals surface area contributed by atoms with Crippen LogP contribution in [0.25, 0.3) is 0 Å². The zero-order chi connectivity index (χ0) is 11.4. The third-order valence-corrected chi connectivity index (χ3v) is 2.43. The highest BCUT2D eigenvalue weighted by Gasteiger charge is 2.14. The van der Waals surface area contributed by atoms with Gasteiger partial charge in [0.2, 0.25) is 0 Å². The van der Waals surface area contributed by atoms with Crippen molar-refractivity contribution in [2.24, 2.45) is 0 Å². The van der Waals surface area contributed by atoms with Gasteiger partial charge in [0.1, 0.15) is 0 Å². The van der Waals surface area contributed by atoms with E-state index >= 15 is 0 Å². The average Bonchev–Trinajstić information content (AvgIpc) is 2.22. The molecule has 1 amide bonds.